The molecule has 0 heterocycles. The van der Waals surface area contributed by atoms with Gasteiger partial charge in [-0.15, -0.1) is 0 Å². The third-order valence-electron chi connectivity index (χ3n) is 2.69. The van der Waals surface area contributed by atoms with Crippen LogP contribution in [-0.4, -0.2) is 5.11 Å². The lowest BCUT2D eigenvalue weighted by atomic mass is 10.0. The van der Waals surface area contributed by atoms with Gasteiger partial charge in [-0.05, 0) is 37.3 Å². The summed E-state index contributed by atoms with van der Waals surface area (Å²) in [6.07, 6.45) is 2.13. The van der Waals surface area contributed by atoms with Gasteiger partial charge in [-0.3, -0.25) is 0 Å². The van der Waals surface area contributed by atoms with E-state index in [2.05, 4.69) is 0 Å². The van der Waals surface area contributed by atoms with Crippen LogP contribution in [0.1, 0.15) is 36.1 Å². The molecular weight excluding hydrogens is 167 g/mol. The van der Waals surface area contributed by atoms with Crippen LogP contribution >= 0.6 is 0 Å². The van der Waals surface area contributed by atoms with Gasteiger partial charge < -0.3 is 5.11 Å². The summed E-state index contributed by atoms with van der Waals surface area (Å²) in [5.41, 5.74) is 2.36. The molecule has 0 aliphatic heterocycles. The smallest absolute Gasteiger partial charge is 0.132 e. The molecule has 0 bridgehead atoms. The minimum absolute atomic E-state index is 0.190. The summed E-state index contributed by atoms with van der Waals surface area (Å²) in [4.78, 5) is 0. The largest absolute Gasteiger partial charge is 0.389 e. The Bertz CT molecular complexity index is 331. The molecule has 1 nitrogen and oxygen atoms in total. The Hall–Kier alpha value is -0.890. The highest BCUT2D eigenvalue weighted by molar-refractivity contribution is 5.37. The van der Waals surface area contributed by atoms with Crippen LogP contribution in [0.4, 0.5) is 4.39 Å². The molecule has 1 aromatic rings. The lowest BCUT2D eigenvalue weighted by Crippen LogP contribution is -2.00. The van der Waals surface area contributed by atoms with Gasteiger partial charge in [0.15, 0.2) is 0 Å². The zero-order chi connectivity index (χ0) is 9.42. The van der Waals surface area contributed by atoms with E-state index in [0.29, 0.717) is 5.56 Å². The van der Waals surface area contributed by atoms with Crippen LogP contribution in [0.15, 0.2) is 12.1 Å². The SMILES string of the molecule is CC(O)c1ccc2c(c1F)CCC2. The van der Waals surface area contributed by atoms with Crippen molar-refractivity contribution < 1.29 is 9.50 Å². The highest BCUT2D eigenvalue weighted by atomic mass is 19.1. The minimum Gasteiger partial charge on any atom is -0.389 e. The number of hydrogen-bond acceptors (Lipinski definition) is 1. The van der Waals surface area contributed by atoms with Crippen LogP contribution in [0.25, 0.3) is 0 Å². The number of aliphatic hydroxyl groups is 1. The molecule has 0 aromatic heterocycles. The summed E-state index contributed by atoms with van der Waals surface area (Å²) in [6.45, 7) is 1.60. The Balaban J connectivity index is 2.52. The molecule has 0 spiro atoms. The number of hydrogen-bond donors (Lipinski definition) is 1. The van der Waals surface area contributed by atoms with E-state index < -0.39 is 6.10 Å². The van der Waals surface area contributed by atoms with E-state index in [0.717, 1.165) is 30.4 Å². The summed E-state index contributed by atoms with van der Waals surface area (Å²) in [5, 5.41) is 9.30. The third-order valence-corrected chi connectivity index (χ3v) is 2.69. The van der Waals surface area contributed by atoms with E-state index in [1.54, 1.807) is 13.0 Å². The summed E-state index contributed by atoms with van der Waals surface area (Å²) >= 11 is 0. The molecule has 1 aromatic carbocycles. The lowest BCUT2D eigenvalue weighted by molar-refractivity contribution is 0.194. The number of halogens is 1. The summed E-state index contributed by atoms with van der Waals surface area (Å²) < 4.78 is 13.7. The van der Waals surface area contributed by atoms with Crippen molar-refractivity contribution in [2.24, 2.45) is 0 Å². The van der Waals surface area contributed by atoms with E-state index in [1.165, 1.54) is 0 Å². The van der Waals surface area contributed by atoms with Gasteiger partial charge in [0.1, 0.15) is 5.82 Å². The summed E-state index contributed by atoms with van der Waals surface area (Å²) in [6, 6.07) is 3.64. The van der Waals surface area contributed by atoms with Gasteiger partial charge in [0.05, 0.1) is 6.10 Å². The Kier molecular flexibility index (Phi) is 2.08. The number of aryl methyl sites for hydroxylation is 1. The molecular formula is C11H13FO. The Labute approximate surface area is 77.2 Å². The van der Waals surface area contributed by atoms with Gasteiger partial charge in [0.25, 0.3) is 0 Å². The van der Waals surface area contributed by atoms with E-state index in [1.807, 2.05) is 6.07 Å². The molecule has 1 unspecified atom stereocenters. The molecule has 0 fully saturated rings. The van der Waals surface area contributed by atoms with Crippen LogP contribution in [-0.2, 0) is 12.8 Å². The van der Waals surface area contributed by atoms with Crippen LogP contribution in [0, 0.1) is 5.82 Å². The maximum absolute atomic E-state index is 13.7. The number of benzene rings is 1. The average molecular weight is 180 g/mol. The second kappa shape index (κ2) is 3.11. The molecule has 0 amide bonds. The molecule has 70 valence electrons. The molecule has 0 radical (unpaired) electrons. The van der Waals surface area contributed by atoms with E-state index >= 15 is 0 Å². The van der Waals surface area contributed by atoms with Crippen molar-refractivity contribution in [1.29, 1.82) is 0 Å². The quantitative estimate of drug-likeness (QED) is 0.703. The molecule has 13 heavy (non-hydrogen) atoms. The third kappa shape index (κ3) is 1.35. The minimum atomic E-state index is -0.703. The van der Waals surface area contributed by atoms with Gasteiger partial charge in [0.2, 0.25) is 0 Å². The first kappa shape index (κ1) is 8.70. The molecule has 2 heteroatoms. The van der Waals surface area contributed by atoms with Gasteiger partial charge in [-0.25, -0.2) is 4.39 Å². The molecule has 1 aliphatic carbocycles. The normalized spacial score (nSPS) is 17.2. The predicted octanol–water partition coefficient (Wildman–Crippen LogP) is 2.37. The highest BCUT2D eigenvalue weighted by Crippen LogP contribution is 2.29. The van der Waals surface area contributed by atoms with E-state index in [-0.39, 0.29) is 5.82 Å². The first-order valence-corrected chi connectivity index (χ1v) is 4.68. The standard InChI is InChI=1S/C11H13FO/c1-7(13)9-6-5-8-3-2-4-10(8)11(9)12/h5-7,13H,2-4H2,1H3. The van der Waals surface area contributed by atoms with Crippen molar-refractivity contribution in [3.63, 3.8) is 0 Å². The van der Waals surface area contributed by atoms with Gasteiger partial charge in [-0.2, -0.15) is 0 Å². The van der Waals surface area contributed by atoms with Gasteiger partial charge in [0, 0.05) is 5.56 Å². The van der Waals surface area contributed by atoms with Crippen molar-refractivity contribution in [1.82, 2.24) is 0 Å². The maximum atomic E-state index is 13.7. The highest BCUT2D eigenvalue weighted by Gasteiger charge is 2.19. The fraction of sp³-hybridized carbons (Fsp3) is 0.455. The Morgan fingerprint density at radius 1 is 1.38 bits per heavy atom. The van der Waals surface area contributed by atoms with Crippen LogP contribution in [0.2, 0.25) is 0 Å². The molecule has 0 saturated heterocycles. The second-order valence-corrected chi connectivity index (χ2v) is 3.64. The number of rotatable bonds is 1. The van der Waals surface area contributed by atoms with E-state index in [9.17, 15) is 9.50 Å². The first-order valence-electron chi connectivity index (χ1n) is 4.68. The number of fused-ring (bicyclic) bond motifs is 1. The fourth-order valence-electron chi connectivity index (χ4n) is 1.96. The molecule has 2 rings (SSSR count). The van der Waals surface area contributed by atoms with Gasteiger partial charge >= 0.3 is 0 Å². The zero-order valence-corrected chi connectivity index (χ0v) is 7.68. The molecule has 1 aliphatic rings. The van der Waals surface area contributed by atoms with Crippen molar-refractivity contribution in [2.45, 2.75) is 32.3 Å². The predicted molar refractivity (Wildman–Crippen MR) is 49.1 cm³/mol. The zero-order valence-electron chi connectivity index (χ0n) is 7.68. The maximum Gasteiger partial charge on any atom is 0.132 e. The van der Waals surface area contributed by atoms with Crippen molar-refractivity contribution in [3.8, 4) is 0 Å². The Morgan fingerprint density at radius 3 is 2.85 bits per heavy atom. The topological polar surface area (TPSA) is 20.2 Å². The van der Waals surface area contributed by atoms with Crippen molar-refractivity contribution in [3.05, 3.63) is 34.6 Å². The van der Waals surface area contributed by atoms with Gasteiger partial charge in [-0.1, -0.05) is 12.1 Å². The number of aliphatic hydroxyl groups excluding tert-OH is 1. The lowest BCUT2D eigenvalue weighted by Gasteiger charge is -2.09. The Morgan fingerprint density at radius 2 is 2.15 bits per heavy atom. The first-order chi connectivity index (χ1) is 6.20. The van der Waals surface area contributed by atoms with Crippen LogP contribution < -0.4 is 0 Å². The van der Waals surface area contributed by atoms with Crippen LogP contribution in [0.3, 0.4) is 0 Å². The molecule has 0 saturated carbocycles. The summed E-state index contributed by atoms with van der Waals surface area (Å²) in [7, 11) is 0. The molecule has 1 atom stereocenters. The average Bonchev–Trinajstić information content (AvgIpc) is 2.52. The fourth-order valence-corrected chi connectivity index (χ4v) is 1.96. The molecule has 1 N–H and O–H groups in total. The van der Waals surface area contributed by atoms with Crippen molar-refractivity contribution >= 4 is 0 Å². The van der Waals surface area contributed by atoms with Crippen molar-refractivity contribution in [2.75, 3.05) is 0 Å². The second-order valence-electron chi connectivity index (χ2n) is 3.64. The summed E-state index contributed by atoms with van der Waals surface area (Å²) in [5.74, 6) is -0.190. The monoisotopic (exact) mass is 180 g/mol. The van der Waals surface area contributed by atoms with E-state index in [4.69, 9.17) is 0 Å². The van der Waals surface area contributed by atoms with Crippen LogP contribution in [0.5, 0.6) is 0 Å².